The quantitative estimate of drug-likeness (QED) is 0.256. The van der Waals surface area contributed by atoms with Crippen LogP contribution in [0.2, 0.25) is 0 Å². The molecule has 2 aliphatic heterocycles. The molecule has 2 fully saturated rings. The molecule has 0 spiro atoms. The summed E-state index contributed by atoms with van der Waals surface area (Å²) in [6.07, 6.45) is 3.99. The molecule has 214 valence electrons. The molecule has 2 aliphatic rings. The molecule has 4 N–H and O–H groups in total. The molecule has 10 nitrogen and oxygen atoms in total. The van der Waals surface area contributed by atoms with E-state index in [2.05, 4.69) is 66.0 Å². The van der Waals surface area contributed by atoms with E-state index in [1.807, 2.05) is 30.3 Å². The summed E-state index contributed by atoms with van der Waals surface area (Å²) in [7, 11) is 3.87. The summed E-state index contributed by atoms with van der Waals surface area (Å²) < 4.78 is 6.49. The zero-order valence-electron chi connectivity index (χ0n) is 23.5. The summed E-state index contributed by atoms with van der Waals surface area (Å²) in [4.78, 5) is 16.7. The minimum atomic E-state index is -0.0852. The van der Waals surface area contributed by atoms with Gasteiger partial charge in [0.15, 0.2) is 0 Å². The molecule has 2 aromatic carbocycles. The molecule has 2 saturated heterocycles. The van der Waals surface area contributed by atoms with E-state index in [0.29, 0.717) is 33.7 Å². The van der Waals surface area contributed by atoms with Gasteiger partial charge in [0.25, 0.3) is 0 Å². The number of piperidine rings is 1. The molecule has 0 aliphatic carbocycles. The van der Waals surface area contributed by atoms with Crippen molar-refractivity contribution in [2.75, 3.05) is 68.7 Å². The van der Waals surface area contributed by atoms with Crippen molar-refractivity contribution < 1.29 is 9.84 Å². The largest absolute Gasteiger partial charge is 0.494 e. The van der Waals surface area contributed by atoms with Crippen LogP contribution in [0, 0.1) is 6.92 Å². The molecule has 0 unspecified atom stereocenters. The van der Waals surface area contributed by atoms with Crippen LogP contribution in [0.3, 0.4) is 0 Å². The minimum Gasteiger partial charge on any atom is -0.494 e. The Hall–Kier alpha value is -2.96. The van der Waals surface area contributed by atoms with Gasteiger partial charge in [-0.05, 0) is 60.4 Å². The third kappa shape index (κ3) is 6.18. The predicted molar refractivity (Wildman–Crippen MR) is 164 cm³/mol. The average molecular weight is 612 g/mol. The van der Waals surface area contributed by atoms with Crippen molar-refractivity contribution in [3.63, 3.8) is 0 Å². The predicted octanol–water partition coefficient (Wildman–Crippen LogP) is 4.02. The highest BCUT2D eigenvalue weighted by Gasteiger charge is 2.28. The maximum Gasteiger partial charge on any atom is 0.246 e. The molecule has 0 saturated carbocycles. The number of aliphatic hydroxyl groups excluding tert-OH is 1. The number of ether oxygens (including phenoxy) is 1. The second-order valence-corrected chi connectivity index (χ2v) is 11.4. The van der Waals surface area contributed by atoms with Gasteiger partial charge in [-0.1, -0.05) is 18.2 Å². The molecule has 1 aromatic heterocycles. The molecule has 0 atom stereocenters. The first-order valence-corrected chi connectivity index (χ1v) is 14.6. The van der Waals surface area contributed by atoms with Gasteiger partial charge in [0.05, 0.1) is 18.2 Å². The number of hydrogen-bond donors (Lipinski definition) is 3. The highest BCUT2D eigenvalue weighted by Crippen LogP contribution is 2.38. The molecule has 3 heterocycles. The number of hydrazine groups is 1. The Labute approximate surface area is 244 Å². The number of rotatable bonds is 8. The van der Waals surface area contributed by atoms with E-state index in [4.69, 9.17) is 10.6 Å². The Bertz CT molecular complexity index is 1310. The van der Waals surface area contributed by atoms with Gasteiger partial charge in [-0.3, -0.25) is 4.90 Å². The number of benzene rings is 2. The molecule has 11 heteroatoms. The number of aromatic nitrogens is 2. The molecule has 0 radical (unpaired) electrons. The van der Waals surface area contributed by atoms with E-state index >= 15 is 0 Å². The normalized spacial score (nSPS) is 17.2. The molecule has 0 amide bonds. The minimum absolute atomic E-state index is 0.0852. The van der Waals surface area contributed by atoms with Crippen LogP contribution in [0.1, 0.15) is 24.0 Å². The monoisotopic (exact) mass is 610 g/mol. The molecule has 5 rings (SSSR count). The number of methoxy groups -OCH3 is 1. The Balaban J connectivity index is 1.33. The number of piperazine rings is 1. The number of aliphatic hydroxyl groups is 1. The highest BCUT2D eigenvalue weighted by molar-refractivity contribution is 9.10. The summed E-state index contributed by atoms with van der Waals surface area (Å²) in [5.74, 6) is 8.10. The number of para-hydroxylation sites is 1. The zero-order chi connectivity index (χ0) is 28.2. The summed E-state index contributed by atoms with van der Waals surface area (Å²) in [5.41, 5.74) is 4.50. The van der Waals surface area contributed by atoms with Gasteiger partial charge in [0, 0.05) is 74.5 Å². The van der Waals surface area contributed by atoms with Crippen LogP contribution in [0.4, 0.5) is 28.8 Å². The maximum atomic E-state index is 9.71. The lowest BCUT2D eigenvalue weighted by molar-refractivity contribution is 0.0982. The van der Waals surface area contributed by atoms with Crippen LogP contribution in [-0.4, -0.2) is 84.3 Å². The molecule has 3 aromatic rings. The second-order valence-electron chi connectivity index (χ2n) is 10.5. The van der Waals surface area contributed by atoms with Crippen molar-refractivity contribution in [3.05, 3.63) is 58.2 Å². The second kappa shape index (κ2) is 12.7. The molecule has 0 bridgehead atoms. The zero-order valence-corrected chi connectivity index (χ0v) is 25.1. The third-order valence-corrected chi connectivity index (χ3v) is 8.58. The van der Waals surface area contributed by atoms with Crippen LogP contribution in [0.15, 0.2) is 47.1 Å². The fraction of sp³-hybridized carbons (Fsp3) is 0.448. The van der Waals surface area contributed by atoms with E-state index in [1.165, 1.54) is 23.8 Å². The summed E-state index contributed by atoms with van der Waals surface area (Å²) >= 11 is 3.52. The Morgan fingerprint density at radius 3 is 2.55 bits per heavy atom. The fourth-order valence-corrected chi connectivity index (χ4v) is 5.88. The van der Waals surface area contributed by atoms with Crippen LogP contribution in [-0.2, 0) is 6.61 Å². The lowest BCUT2D eigenvalue weighted by Crippen LogP contribution is -2.52. The lowest BCUT2D eigenvalue weighted by atomic mass is 10.0. The number of hydrogen-bond acceptors (Lipinski definition) is 10. The SMILES string of the molecule is COc1cc(N2CCC(N3CCN(C)CC3)CC2)c(C)cc1N(N)c1ncc(Br)c(Nc2ccccc2CO)n1. The van der Waals surface area contributed by atoms with Crippen molar-refractivity contribution in [3.8, 4) is 5.75 Å². The van der Waals surface area contributed by atoms with Crippen molar-refractivity contribution in [2.24, 2.45) is 5.84 Å². The first kappa shape index (κ1) is 28.6. The lowest BCUT2D eigenvalue weighted by Gasteiger charge is -2.43. The molecular formula is C29H39BrN8O2. The first-order chi connectivity index (χ1) is 19.4. The van der Waals surface area contributed by atoms with Crippen molar-refractivity contribution in [2.45, 2.75) is 32.4 Å². The Kier molecular flexibility index (Phi) is 9.07. The van der Waals surface area contributed by atoms with Gasteiger partial charge in [-0.2, -0.15) is 4.98 Å². The van der Waals surface area contributed by atoms with Crippen molar-refractivity contribution >= 4 is 44.8 Å². The molecule has 40 heavy (non-hydrogen) atoms. The van der Waals surface area contributed by atoms with Gasteiger partial charge in [0.1, 0.15) is 17.3 Å². The number of nitrogens with one attached hydrogen (secondary N) is 1. The van der Waals surface area contributed by atoms with Crippen LogP contribution < -0.4 is 25.8 Å². The van der Waals surface area contributed by atoms with Crippen LogP contribution >= 0.6 is 15.9 Å². The third-order valence-electron chi connectivity index (χ3n) is 8.00. The molecular weight excluding hydrogens is 572 g/mol. The summed E-state index contributed by atoms with van der Waals surface area (Å²) in [6, 6.07) is 12.3. The Morgan fingerprint density at radius 2 is 1.85 bits per heavy atom. The first-order valence-electron chi connectivity index (χ1n) is 13.8. The van der Waals surface area contributed by atoms with Gasteiger partial charge >= 0.3 is 0 Å². The highest BCUT2D eigenvalue weighted by atomic mass is 79.9. The average Bonchev–Trinajstić information content (AvgIpc) is 2.98. The smallest absolute Gasteiger partial charge is 0.246 e. The topological polar surface area (TPSA) is 106 Å². The van der Waals surface area contributed by atoms with Gasteiger partial charge in [-0.25, -0.2) is 15.8 Å². The summed E-state index contributed by atoms with van der Waals surface area (Å²) in [6.45, 7) is 8.71. The van der Waals surface area contributed by atoms with E-state index < -0.39 is 0 Å². The van der Waals surface area contributed by atoms with Crippen LogP contribution in [0.25, 0.3) is 0 Å². The van der Waals surface area contributed by atoms with Crippen molar-refractivity contribution in [1.29, 1.82) is 0 Å². The number of anilines is 5. The fourth-order valence-electron chi connectivity index (χ4n) is 5.59. The van der Waals surface area contributed by atoms with Gasteiger partial charge < -0.3 is 25.0 Å². The number of likely N-dealkylation sites (N-methyl/N-ethyl adjacent to an activating group) is 1. The number of nitrogens with two attached hydrogens (primary N) is 1. The van der Waals surface area contributed by atoms with Crippen molar-refractivity contribution in [1.82, 2.24) is 19.8 Å². The number of nitrogens with zero attached hydrogens (tertiary/aromatic N) is 6. The Morgan fingerprint density at radius 1 is 1.12 bits per heavy atom. The number of halogens is 1. The van der Waals surface area contributed by atoms with E-state index in [0.717, 1.165) is 55.8 Å². The van der Waals surface area contributed by atoms with E-state index in [1.54, 1.807) is 13.3 Å². The standard InChI is InChI=1S/C29H39BrN8O2/c1-20-16-26(38(31)29-32-18-23(30)28(34-29)33-24-7-5-4-6-21(24)19-39)27(40-3)17-25(20)37-10-8-22(9-11-37)36-14-12-35(2)13-15-36/h4-7,16-18,22,39H,8-15,19,31H2,1-3H3,(H,32,33,34). The summed E-state index contributed by atoms with van der Waals surface area (Å²) in [5, 5.41) is 14.4. The van der Waals surface area contributed by atoms with Gasteiger partial charge in [-0.15, -0.1) is 0 Å². The van der Waals surface area contributed by atoms with E-state index in [9.17, 15) is 5.11 Å². The maximum absolute atomic E-state index is 9.71. The van der Waals surface area contributed by atoms with E-state index in [-0.39, 0.29) is 6.61 Å². The number of aryl methyl sites for hydroxylation is 1. The van der Waals surface area contributed by atoms with Gasteiger partial charge in [0.2, 0.25) is 5.95 Å². The van der Waals surface area contributed by atoms with Crippen LogP contribution in [0.5, 0.6) is 5.75 Å².